The van der Waals surface area contributed by atoms with Gasteiger partial charge in [-0.25, -0.2) is 4.39 Å². The molecular weight excluding hydrogens is 353 g/mol. The molecule has 1 aliphatic rings. The highest BCUT2D eigenvalue weighted by Gasteiger charge is 2.22. The number of ether oxygens (including phenoxy) is 1. The third-order valence-electron chi connectivity index (χ3n) is 4.32. The first-order valence-electron chi connectivity index (χ1n) is 8.48. The molecule has 0 radical (unpaired) electrons. The van der Waals surface area contributed by atoms with Gasteiger partial charge in [-0.15, -0.1) is 0 Å². The number of carbonyl (C=O) groups is 1. The van der Waals surface area contributed by atoms with Crippen LogP contribution in [0.25, 0.3) is 4.91 Å². The fraction of sp³-hybridized carbons (Fsp3) is 0.421. The van der Waals surface area contributed by atoms with Crippen LogP contribution in [-0.4, -0.2) is 44.1 Å². The number of allylic oxidation sites excluding steroid dienone is 1. The molecule has 1 amide bonds. The normalized spacial score (nSPS) is 16.8. The Morgan fingerprint density at radius 3 is 2.62 bits per heavy atom. The van der Waals surface area contributed by atoms with Gasteiger partial charge in [0.1, 0.15) is 0 Å². The van der Waals surface area contributed by atoms with Crippen LogP contribution < -0.4 is 15.8 Å². The highest BCUT2D eigenvalue weighted by atomic mass is 32.2. The number of hydrogen-bond donors (Lipinski definition) is 2. The average Bonchev–Trinajstić information content (AvgIpc) is 2.60. The molecule has 0 atom stereocenters. The number of hydrogen-bond acceptors (Lipinski definition) is 5. The van der Waals surface area contributed by atoms with Crippen molar-refractivity contribution in [2.45, 2.75) is 25.8 Å². The molecule has 2 rings (SSSR count). The van der Waals surface area contributed by atoms with E-state index in [0.29, 0.717) is 21.1 Å². The van der Waals surface area contributed by atoms with Gasteiger partial charge in [0.15, 0.2) is 11.6 Å². The van der Waals surface area contributed by atoms with Gasteiger partial charge >= 0.3 is 0 Å². The van der Waals surface area contributed by atoms with Gasteiger partial charge in [0.2, 0.25) is 0 Å². The van der Waals surface area contributed by atoms with E-state index in [9.17, 15) is 9.18 Å². The number of methoxy groups -OCH3 is 1. The second-order valence-corrected chi connectivity index (χ2v) is 7.54. The number of amides is 1. The lowest BCUT2D eigenvalue weighted by molar-refractivity contribution is -0.117. The Bertz CT molecular complexity index is 709. The van der Waals surface area contributed by atoms with Gasteiger partial charge in [-0.2, -0.15) is 0 Å². The van der Waals surface area contributed by atoms with Gasteiger partial charge in [0.25, 0.3) is 5.91 Å². The molecule has 3 N–H and O–H groups in total. The minimum atomic E-state index is -0.475. The molecule has 0 bridgehead atoms. The van der Waals surface area contributed by atoms with Crippen molar-refractivity contribution in [2.75, 3.05) is 27.2 Å². The molecule has 1 heterocycles. The van der Waals surface area contributed by atoms with Crippen LogP contribution in [0.1, 0.15) is 25.3 Å². The van der Waals surface area contributed by atoms with Gasteiger partial charge in [-0.05, 0) is 63.7 Å². The topological polar surface area (TPSA) is 67.6 Å². The summed E-state index contributed by atoms with van der Waals surface area (Å²) in [5.74, 6) is -0.519. The maximum absolute atomic E-state index is 13.9. The lowest BCUT2D eigenvalue weighted by Gasteiger charge is -2.29. The van der Waals surface area contributed by atoms with Crippen molar-refractivity contribution in [3.05, 3.63) is 46.8 Å². The van der Waals surface area contributed by atoms with Crippen molar-refractivity contribution in [1.82, 2.24) is 10.2 Å². The second-order valence-electron chi connectivity index (χ2n) is 6.44. The van der Waals surface area contributed by atoms with E-state index in [1.165, 1.54) is 19.2 Å². The number of rotatable bonds is 6. The van der Waals surface area contributed by atoms with Crippen molar-refractivity contribution in [2.24, 2.45) is 5.73 Å². The number of benzene rings is 1. The summed E-state index contributed by atoms with van der Waals surface area (Å²) in [4.78, 5) is 15.8. The molecule has 142 valence electrons. The smallest absolute Gasteiger partial charge is 0.260 e. The van der Waals surface area contributed by atoms with Crippen molar-refractivity contribution >= 4 is 22.6 Å². The van der Waals surface area contributed by atoms with Gasteiger partial charge in [-0.1, -0.05) is 18.3 Å². The molecule has 1 fully saturated rings. The van der Waals surface area contributed by atoms with Crippen LogP contribution in [0, 0.1) is 5.82 Å². The molecule has 26 heavy (non-hydrogen) atoms. The highest BCUT2D eigenvalue weighted by Crippen LogP contribution is 2.34. The highest BCUT2D eigenvalue weighted by molar-refractivity contribution is 8.12. The van der Waals surface area contributed by atoms with E-state index >= 15 is 0 Å². The summed E-state index contributed by atoms with van der Waals surface area (Å²) in [5.41, 5.74) is 6.92. The Kier molecular flexibility index (Phi) is 7.11. The third-order valence-corrected chi connectivity index (χ3v) is 5.51. The Morgan fingerprint density at radius 1 is 1.42 bits per heavy atom. The van der Waals surface area contributed by atoms with Gasteiger partial charge in [0, 0.05) is 16.6 Å². The summed E-state index contributed by atoms with van der Waals surface area (Å²) in [6, 6.07) is 4.72. The quantitative estimate of drug-likeness (QED) is 0.744. The maximum Gasteiger partial charge on any atom is 0.260 e. The number of thioether (sulfide) groups is 1. The van der Waals surface area contributed by atoms with E-state index in [1.807, 2.05) is 0 Å². The first-order chi connectivity index (χ1) is 12.3. The van der Waals surface area contributed by atoms with E-state index in [0.717, 1.165) is 37.7 Å². The summed E-state index contributed by atoms with van der Waals surface area (Å²) in [7, 11) is 3.48. The summed E-state index contributed by atoms with van der Waals surface area (Å²) < 4.78 is 18.8. The van der Waals surface area contributed by atoms with E-state index in [-0.39, 0.29) is 17.7 Å². The zero-order valence-electron chi connectivity index (χ0n) is 15.5. The summed E-state index contributed by atoms with van der Waals surface area (Å²) in [5, 5.41) is 3.05. The standard InChI is InChI=1S/C19H26FN3O2S/c1-12(21)18(19(24)22-15-7-9-23(3)10-8-15)26-13(2)14-5-6-17(25-4)16(20)11-14/h5-6,11,15H,2,7-10,21H2,1,3-4H3,(H,22,24)/b18-12-. The molecule has 0 aromatic heterocycles. The third kappa shape index (κ3) is 5.25. The molecule has 1 aliphatic heterocycles. The number of piperidine rings is 1. The fourth-order valence-electron chi connectivity index (χ4n) is 2.73. The first-order valence-corrected chi connectivity index (χ1v) is 9.30. The molecule has 7 heteroatoms. The minimum absolute atomic E-state index is 0.139. The fourth-order valence-corrected chi connectivity index (χ4v) is 3.54. The van der Waals surface area contributed by atoms with Gasteiger partial charge in [-0.3, -0.25) is 4.79 Å². The van der Waals surface area contributed by atoms with E-state index in [4.69, 9.17) is 10.5 Å². The number of carbonyl (C=O) groups excluding carboxylic acids is 1. The number of halogens is 1. The number of nitrogens with one attached hydrogen (secondary N) is 1. The largest absolute Gasteiger partial charge is 0.494 e. The van der Waals surface area contributed by atoms with Crippen molar-refractivity contribution in [3.8, 4) is 5.75 Å². The van der Waals surface area contributed by atoms with Crippen LogP contribution in [0.2, 0.25) is 0 Å². The van der Waals surface area contributed by atoms with Crippen LogP contribution in [0.4, 0.5) is 4.39 Å². The van der Waals surface area contributed by atoms with E-state index in [2.05, 4.69) is 23.8 Å². The Balaban J connectivity index is 2.05. The monoisotopic (exact) mass is 379 g/mol. The van der Waals surface area contributed by atoms with Crippen LogP contribution in [-0.2, 0) is 4.79 Å². The molecule has 5 nitrogen and oxygen atoms in total. The first kappa shape index (κ1) is 20.3. The van der Waals surface area contributed by atoms with Crippen LogP contribution >= 0.6 is 11.8 Å². The van der Waals surface area contributed by atoms with Gasteiger partial charge in [0.05, 0.1) is 12.0 Å². The average molecular weight is 380 g/mol. The minimum Gasteiger partial charge on any atom is -0.494 e. The second kappa shape index (κ2) is 9.09. The molecule has 0 saturated carbocycles. The Morgan fingerprint density at radius 2 is 2.08 bits per heavy atom. The van der Waals surface area contributed by atoms with Crippen LogP contribution in [0.15, 0.2) is 35.4 Å². The summed E-state index contributed by atoms with van der Waals surface area (Å²) in [6.07, 6.45) is 1.82. The van der Waals surface area contributed by atoms with E-state index in [1.54, 1.807) is 13.0 Å². The lowest BCUT2D eigenvalue weighted by atomic mass is 10.1. The summed E-state index contributed by atoms with van der Waals surface area (Å²) >= 11 is 1.16. The molecule has 0 spiro atoms. The van der Waals surface area contributed by atoms with Gasteiger partial charge < -0.3 is 20.7 Å². The molecule has 1 saturated heterocycles. The number of nitrogens with zero attached hydrogens (tertiary/aromatic N) is 1. The molecule has 1 aromatic carbocycles. The van der Waals surface area contributed by atoms with Crippen molar-refractivity contribution < 1.29 is 13.9 Å². The lowest BCUT2D eigenvalue weighted by Crippen LogP contribution is -2.43. The van der Waals surface area contributed by atoms with Crippen molar-refractivity contribution in [3.63, 3.8) is 0 Å². The van der Waals surface area contributed by atoms with Crippen molar-refractivity contribution in [1.29, 1.82) is 0 Å². The zero-order chi connectivity index (χ0) is 19.3. The number of likely N-dealkylation sites (tertiary alicyclic amines) is 1. The molecule has 0 aliphatic carbocycles. The van der Waals surface area contributed by atoms with Crippen LogP contribution in [0.5, 0.6) is 5.75 Å². The van der Waals surface area contributed by atoms with E-state index < -0.39 is 5.82 Å². The maximum atomic E-state index is 13.9. The molecule has 0 unspecified atom stereocenters. The molecular formula is C19H26FN3O2S. The zero-order valence-corrected chi connectivity index (χ0v) is 16.3. The van der Waals surface area contributed by atoms with Crippen LogP contribution in [0.3, 0.4) is 0 Å². The Hall–Kier alpha value is -1.99. The SMILES string of the molecule is C=C(S/C(C(=O)NC1CCN(C)CC1)=C(/C)N)c1ccc(OC)c(F)c1. The Labute approximate surface area is 158 Å². The predicted octanol–water partition coefficient (Wildman–Crippen LogP) is 2.94. The summed E-state index contributed by atoms with van der Waals surface area (Å²) in [6.45, 7) is 7.55. The predicted molar refractivity (Wildman–Crippen MR) is 105 cm³/mol. The molecule has 1 aromatic rings. The number of nitrogens with two attached hydrogens (primary N) is 1.